The molecule has 0 saturated carbocycles. The Labute approximate surface area is 171 Å². The number of rotatable bonds is 5. The lowest BCUT2D eigenvalue weighted by atomic mass is 10.0. The predicted molar refractivity (Wildman–Crippen MR) is 116 cm³/mol. The molecule has 148 valence electrons. The molecule has 0 aliphatic carbocycles. The van der Waals surface area contributed by atoms with Crippen molar-refractivity contribution in [1.29, 1.82) is 0 Å². The number of aromatic nitrogens is 1. The minimum Gasteiger partial charge on any atom is -0.353 e. The van der Waals surface area contributed by atoms with Crippen LogP contribution in [0.3, 0.4) is 0 Å². The molecule has 2 N–H and O–H groups in total. The zero-order valence-corrected chi connectivity index (χ0v) is 16.6. The molecule has 0 bridgehead atoms. The fraction of sp³-hybridized carbons (Fsp3) is 0.250. The summed E-state index contributed by atoms with van der Waals surface area (Å²) in [7, 11) is 0. The third-order valence-corrected chi connectivity index (χ3v) is 5.29. The predicted octanol–water partition coefficient (Wildman–Crippen LogP) is 3.47. The number of nitrogens with zero attached hydrogens (tertiary/aromatic N) is 2. The Morgan fingerprint density at radius 2 is 1.90 bits per heavy atom. The van der Waals surface area contributed by atoms with Gasteiger partial charge in [-0.1, -0.05) is 60.2 Å². The lowest BCUT2D eigenvalue weighted by Crippen LogP contribution is -2.46. The molecule has 3 aromatic rings. The maximum Gasteiger partial charge on any atom is 0.253 e. The SMILES string of the molecule is Cc1ccc(CNC(=O)c2ccc(N3CCNC(c4ccccc4)C3)nc2)cc1. The molecule has 5 nitrogen and oxygen atoms in total. The number of hydrogen-bond acceptors (Lipinski definition) is 4. The molecule has 2 aromatic carbocycles. The third-order valence-electron chi connectivity index (χ3n) is 5.29. The van der Waals surface area contributed by atoms with Crippen molar-refractivity contribution in [2.24, 2.45) is 0 Å². The molecule has 1 aliphatic rings. The average molecular weight is 386 g/mol. The van der Waals surface area contributed by atoms with Crippen LogP contribution in [0.15, 0.2) is 72.9 Å². The summed E-state index contributed by atoms with van der Waals surface area (Å²) in [6, 6.07) is 22.7. The summed E-state index contributed by atoms with van der Waals surface area (Å²) in [4.78, 5) is 19.3. The fourth-order valence-electron chi connectivity index (χ4n) is 3.56. The van der Waals surface area contributed by atoms with Crippen LogP contribution in [0, 0.1) is 6.92 Å². The molecule has 1 unspecified atom stereocenters. The summed E-state index contributed by atoms with van der Waals surface area (Å²) >= 11 is 0. The Bertz CT molecular complexity index is 939. The molecule has 0 spiro atoms. The summed E-state index contributed by atoms with van der Waals surface area (Å²) in [5.41, 5.74) is 4.16. The normalized spacial score (nSPS) is 16.4. The van der Waals surface area contributed by atoms with E-state index in [1.807, 2.05) is 42.5 Å². The van der Waals surface area contributed by atoms with Crippen molar-refractivity contribution < 1.29 is 4.79 Å². The first kappa shape index (κ1) is 19.2. The molecule has 5 heteroatoms. The minimum absolute atomic E-state index is 0.105. The molecule has 1 aliphatic heterocycles. The Morgan fingerprint density at radius 1 is 1.10 bits per heavy atom. The number of nitrogens with one attached hydrogen (secondary N) is 2. The standard InChI is InChI=1S/C24H26N4O/c1-18-7-9-19(10-8-18)15-27-24(29)21-11-12-23(26-16-21)28-14-13-25-22(17-28)20-5-3-2-4-6-20/h2-12,16,22,25H,13-15,17H2,1H3,(H,27,29). The van der Waals surface area contributed by atoms with Gasteiger partial charge in [-0.15, -0.1) is 0 Å². The smallest absolute Gasteiger partial charge is 0.253 e. The fourth-order valence-corrected chi connectivity index (χ4v) is 3.56. The van der Waals surface area contributed by atoms with Gasteiger partial charge in [0.25, 0.3) is 5.91 Å². The zero-order valence-electron chi connectivity index (χ0n) is 16.6. The molecule has 1 fully saturated rings. The van der Waals surface area contributed by atoms with E-state index < -0.39 is 0 Å². The van der Waals surface area contributed by atoms with Crippen molar-refractivity contribution in [1.82, 2.24) is 15.6 Å². The number of piperazine rings is 1. The number of hydrogen-bond donors (Lipinski definition) is 2. The van der Waals surface area contributed by atoms with Gasteiger partial charge in [-0.2, -0.15) is 0 Å². The van der Waals surface area contributed by atoms with Crippen LogP contribution in [0.25, 0.3) is 0 Å². The van der Waals surface area contributed by atoms with E-state index in [1.54, 1.807) is 6.20 Å². The topological polar surface area (TPSA) is 57.3 Å². The van der Waals surface area contributed by atoms with E-state index in [2.05, 4.69) is 51.7 Å². The van der Waals surface area contributed by atoms with Gasteiger partial charge in [0, 0.05) is 38.4 Å². The van der Waals surface area contributed by atoms with E-state index >= 15 is 0 Å². The zero-order chi connectivity index (χ0) is 20.1. The van der Waals surface area contributed by atoms with Gasteiger partial charge in [-0.25, -0.2) is 4.98 Å². The summed E-state index contributed by atoms with van der Waals surface area (Å²) in [5, 5.41) is 6.53. The van der Waals surface area contributed by atoms with Crippen molar-refractivity contribution in [2.45, 2.75) is 19.5 Å². The molecule has 0 radical (unpaired) electrons. The van der Waals surface area contributed by atoms with Crippen molar-refractivity contribution in [3.05, 3.63) is 95.2 Å². The van der Waals surface area contributed by atoms with Crippen LogP contribution in [-0.2, 0) is 6.54 Å². The van der Waals surface area contributed by atoms with Crippen LogP contribution < -0.4 is 15.5 Å². The van der Waals surface area contributed by atoms with Crippen LogP contribution >= 0.6 is 0 Å². The third kappa shape index (κ3) is 4.81. The number of carbonyl (C=O) groups excluding carboxylic acids is 1. The highest BCUT2D eigenvalue weighted by molar-refractivity contribution is 5.94. The van der Waals surface area contributed by atoms with Gasteiger partial charge in [-0.3, -0.25) is 4.79 Å². The largest absolute Gasteiger partial charge is 0.353 e. The van der Waals surface area contributed by atoms with E-state index in [0.29, 0.717) is 12.1 Å². The average Bonchev–Trinajstić information content (AvgIpc) is 2.79. The van der Waals surface area contributed by atoms with Gasteiger partial charge >= 0.3 is 0 Å². The van der Waals surface area contributed by atoms with Crippen LogP contribution in [0.1, 0.15) is 33.1 Å². The van der Waals surface area contributed by atoms with Gasteiger partial charge in [0.1, 0.15) is 5.82 Å². The molecule has 1 saturated heterocycles. The highest BCUT2D eigenvalue weighted by atomic mass is 16.1. The van der Waals surface area contributed by atoms with Crippen LogP contribution in [0.5, 0.6) is 0 Å². The highest BCUT2D eigenvalue weighted by Crippen LogP contribution is 2.21. The molecular weight excluding hydrogens is 360 g/mol. The maximum absolute atomic E-state index is 12.4. The maximum atomic E-state index is 12.4. The summed E-state index contributed by atoms with van der Waals surface area (Å²) < 4.78 is 0. The van der Waals surface area contributed by atoms with E-state index in [1.165, 1.54) is 11.1 Å². The van der Waals surface area contributed by atoms with E-state index in [4.69, 9.17) is 0 Å². The number of pyridine rings is 1. The van der Waals surface area contributed by atoms with Crippen LogP contribution in [0.2, 0.25) is 0 Å². The lowest BCUT2D eigenvalue weighted by molar-refractivity contribution is 0.0950. The van der Waals surface area contributed by atoms with E-state index in [-0.39, 0.29) is 11.9 Å². The number of benzene rings is 2. The van der Waals surface area contributed by atoms with Gasteiger partial charge in [-0.05, 0) is 30.2 Å². The number of carbonyl (C=O) groups is 1. The first-order chi connectivity index (χ1) is 14.2. The van der Waals surface area contributed by atoms with Crippen molar-refractivity contribution >= 4 is 11.7 Å². The Balaban J connectivity index is 1.37. The monoisotopic (exact) mass is 386 g/mol. The summed E-state index contributed by atoms with van der Waals surface area (Å²) in [5.74, 6) is 0.801. The highest BCUT2D eigenvalue weighted by Gasteiger charge is 2.21. The van der Waals surface area contributed by atoms with Gasteiger partial charge in [0.05, 0.1) is 5.56 Å². The Morgan fingerprint density at radius 3 is 2.62 bits per heavy atom. The first-order valence-electron chi connectivity index (χ1n) is 10.0. The summed E-state index contributed by atoms with van der Waals surface area (Å²) in [6.45, 7) is 5.22. The molecule has 4 rings (SSSR count). The van der Waals surface area contributed by atoms with E-state index in [0.717, 1.165) is 31.0 Å². The summed E-state index contributed by atoms with van der Waals surface area (Å²) in [6.07, 6.45) is 1.67. The van der Waals surface area contributed by atoms with E-state index in [9.17, 15) is 4.79 Å². The molecule has 1 aromatic heterocycles. The Kier molecular flexibility index (Phi) is 5.86. The van der Waals surface area contributed by atoms with Crippen LogP contribution in [0.4, 0.5) is 5.82 Å². The van der Waals surface area contributed by atoms with Gasteiger partial charge < -0.3 is 15.5 Å². The lowest BCUT2D eigenvalue weighted by Gasteiger charge is -2.34. The quantitative estimate of drug-likeness (QED) is 0.705. The van der Waals surface area contributed by atoms with Gasteiger partial charge in [0.15, 0.2) is 0 Å². The molecule has 1 amide bonds. The molecule has 1 atom stereocenters. The first-order valence-corrected chi connectivity index (χ1v) is 10.0. The van der Waals surface area contributed by atoms with Crippen molar-refractivity contribution in [2.75, 3.05) is 24.5 Å². The van der Waals surface area contributed by atoms with Crippen LogP contribution in [-0.4, -0.2) is 30.5 Å². The molecular formula is C24H26N4O. The number of amides is 1. The Hall–Kier alpha value is -3.18. The molecule has 29 heavy (non-hydrogen) atoms. The minimum atomic E-state index is -0.105. The second kappa shape index (κ2) is 8.88. The second-order valence-corrected chi connectivity index (χ2v) is 7.44. The number of anilines is 1. The van der Waals surface area contributed by atoms with Crippen molar-refractivity contribution in [3.8, 4) is 0 Å². The number of aryl methyl sites for hydroxylation is 1. The van der Waals surface area contributed by atoms with Crippen molar-refractivity contribution in [3.63, 3.8) is 0 Å². The molecule has 2 heterocycles. The van der Waals surface area contributed by atoms with Gasteiger partial charge in [0.2, 0.25) is 0 Å². The second-order valence-electron chi connectivity index (χ2n) is 7.44.